The monoisotopic (exact) mass is 446 g/mol. The second kappa shape index (κ2) is 13.2. The van der Waals surface area contributed by atoms with E-state index in [1.165, 1.54) is 6.92 Å². The molecule has 4 unspecified atom stereocenters. The standard InChI is InChI=1S/C18H30N4O9/c1-8(2)6-12(22-16(28)10(19)7-14(25)26)17(29)20-9(3)15(27)21-11(18(30)31)4-5-13(23)24/h8-12H,4-7,19H2,1-3H3,(H,20,29)(H,21,27)(H,22,28)(H,23,24)(H,25,26)(H,30,31). The molecule has 176 valence electrons. The van der Waals surface area contributed by atoms with Crippen LogP contribution in [0.1, 0.15) is 46.5 Å². The Morgan fingerprint density at radius 2 is 1.32 bits per heavy atom. The Balaban J connectivity index is 5.07. The fraction of sp³-hybridized carbons (Fsp3) is 0.667. The minimum Gasteiger partial charge on any atom is -0.481 e. The van der Waals surface area contributed by atoms with Crippen LogP contribution in [0.3, 0.4) is 0 Å². The Bertz CT molecular complexity index is 696. The molecular weight excluding hydrogens is 416 g/mol. The van der Waals surface area contributed by atoms with Crippen molar-refractivity contribution in [1.29, 1.82) is 0 Å². The molecule has 0 saturated heterocycles. The summed E-state index contributed by atoms with van der Waals surface area (Å²) in [4.78, 5) is 69.3. The summed E-state index contributed by atoms with van der Waals surface area (Å²) >= 11 is 0. The number of rotatable bonds is 14. The Morgan fingerprint density at radius 1 is 0.774 bits per heavy atom. The van der Waals surface area contributed by atoms with E-state index in [0.717, 1.165) is 0 Å². The van der Waals surface area contributed by atoms with Crippen LogP contribution in [0.2, 0.25) is 0 Å². The topological polar surface area (TPSA) is 225 Å². The fourth-order valence-electron chi connectivity index (χ4n) is 2.46. The molecule has 0 aromatic rings. The van der Waals surface area contributed by atoms with Crippen molar-refractivity contribution in [3.63, 3.8) is 0 Å². The van der Waals surface area contributed by atoms with Crippen molar-refractivity contribution in [3.05, 3.63) is 0 Å². The third-order valence-corrected chi connectivity index (χ3v) is 4.08. The van der Waals surface area contributed by atoms with Gasteiger partial charge in [0.2, 0.25) is 17.7 Å². The highest BCUT2D eigenvalue weighted by Crippen LogP contribution is 2.07. The van der Waals surface area contributed by atoms with Gasteiger partial charge in [0.05, 0.1) is 12.5 Å². The van der Waals surface area contributed by atoms with E-state index in [1.807, 2.05) is 0 Å². The quantitative estimate of drug-likeness (QED) is 0.159. The molecule has 0 aromatic heterocycles. The van der Waals surface area contributed by atoms with Crippen molar-refractivity contribution in [3.8, 4) is 0 Å². The van der Waals surface area contributed by atoms with E-state index in [2.05, 4.69) is 16.0 Å². The smallest absolute Gasteiger partial charge is 0.326 e. The molecule has 0 radical (unpaired) electrons. The number of nitrogens with two attached hydrogens (primary N) is 1. The van der Waals surface area contributed by atoms with Gasteiger partial charge in [0, 0.05) is 6.42 Å². The SMILES string of the molecule is CC(C)CC(NC(=O)C(N)CC(=O)O)C(=O)NC(C)C(=O)NC(CCC(=O)O)C(=O)O. The molecule has 0 bridgehead atoms. The zero-order valence-corrected chi connectivity index (χ0v) is 17.6. The van der Waals surface area contributed by atoms with Gasteiger partial charge in [0.1, 0.15) is 18.1 Å². The number of carbonyl (C=O) groups is 6. The summed E-state index contributed by atoms with van der Waals surface area (Å²) in [6.45, 7) is 4.84. The number of amides is 3. The maximum absolute atomic E-state index is 12.6. The first-order valence-corrected chi connectivity index (χ1v) is 9.57. The Labute approximate surface area is 178 Å². The van der Waals surface area contributed by atoms with E-state index in [-0.39, 0.29) is 18.8 Å². The highest BCUT2D eigenvalue weighted by Gasteiger charge is 2.29. The van der Waals surface area contributed by atoms with Gasteiger partial charge in [-0.05, 0) is 25.7 Å². The predicted molar refractivity (Wildman–Crippen MR) is 106 cm³/mol. The van der Waals surface area contributed by atoms with Crippen LogP contribution in [0.5, 0.6) is 0 Å². The third kappa shape index (κ3) is 11.5. The fourth-order valence-corrected chi connectivity index (χ4v) is 2.46. The van der Waals surface area contributed by atoms with Crippen LogP contribution in [0.4, 0.5) is 0 Å². The Kier molecular flexibility index (Phi) is 11.8. The molecule has 0 aliphatic carbocycles. The Morgan fingerprint density at radius 3 is 1.77 bits per heavy atom. The van der Waals surface area contributed by atoms with Crippen molar-refractivity contribution in [2.24, 2.45) is 11.7 Å². The summed E-state index contributed by atoms with van der Waals surface area (Å²) in [5.74, 6) is -6.44. The van der Waals surface area contributed by atoms with E-state index in [9.17, 15) is 28.8 Å². The molecule has 0 fully saturated rings. The van der Waals surface area contributed by atoms with Gasteiger partial charge in [-0.15, -0.1) is 0 Å². The molecule has 0 aliphatic rings. The number of aliphatic carboxylic acids is 3. The highest BCUT2D eigenvalue weighted by atomic mass is 16.4. The Hall–Kier alpha value is -3.22. The van der Waals surface area contributed by atoms with Crippen LogP contribution >= 0.6 is 0 Å². The molecule has 0 saturated carbocycles. The third-order valence-electron chi connectivity index (χ3n) is 4.08. The highest BCUT2D eigenvalue weighted by molar-refractivity contribution is 5.94. The van der Waals surface area contributed by atoms with Crippen molar-refractivity contribution >= 4 is 35.6 Å². The average molecular weight is 446 g/mol. The summed E-state index contributed by atoms with van der Waals surface area (Å²) in [6, 6.07) is -5.13. The van der Waals surface area contributed by atoms with Crippen molar-refractivity contribution < 1.29 is 44.1 Å². The van der Waals surface area contributed by atoms with Gasteiger partial charge in [-0.3, -0.25) is 24.0 Å². The van der Waals surface area contributed by atoms with Crippen LogP contribution in [0.25, 0.3) is 0 Å². The van der Waals surface area contributed by atoms with Gasteiger partial charge in [0.25, 0.3) is 0 Å². The average Bonchev–Trinajstić information content (AvgIpc) is 2.62. The molecule has 4 atom stereocenters. The number of hydrogen-bond acceptors (Lipinski definition) is 7. The molecule has 0 aliphatic heterocycles. The van der Waals surface area contributed by atoms with Crippen LogP contribution < -0.4 is 21.7 Å². The van der Waals surface area contributed by atoms with E-state index in [1.54, 1.807) is 13.8 Å². The van der Waals surface area contributed by atoms with Crippen LogP contribution in [0, 0.1) is 5.92 Å². The van der Waals surface area contributed by atoms with E-state index < -0.39 is 72.6 Å². The molecule has 3 amide bonds. The predicted octanol–water partition coefficient (Wildman–Crippen LogP) is -1.74. The summed E-state index contributed by atoms with van der Waals surface area (Å²) in [5.41, 5.74) is 5.49. The van der Waals surface area contributed by atoms with Crippen LogP contribution in [-0.4, -0.2) is 75.1 Å². The maximum atomic E-state index is 12.6. The van der Waals surface area contributed by atoms with Crippen LogP contribution in [0.15, 0.2) is 0 Å². The van der Waals surface area contributed by atoms with Gasteiger partial charge in [-0.1, -0.05) is 13.8 Å². The number of carbonyl (C=O) groups excluding carboxylic acids is 3. The van der Waals surface area contributed by atoms with E-state index in [0.29, 0.717) is 0 Å². The first-order valence-electron chi connectivity index (χ1n) is 9.57. The first kappa shape index (κ1) is 27.8. The summed E-state index contributed by atoms with van der Waals surface area (Å²) < 4.78 is 0. The second-order valence-electron chi connectivity index (χ2n) is 7.46. The zero-order chi connectivity index (χ0) is 24.3. The molecule has 13 heteroatoms. The summed E-state index contributed by atoms with van der Waals surface area (Å²) in [6.07, 6.45) is -1.28. The molecule has 31 heavy (non-hydrogen) atoms. The molecular formula is C18H30N4O9. The lowest BCUT2D eigenvalue weighted by atomic mass is 10.0. The van der Waals surface area contributed by atoms with E-state index in [4.69, 9.17) is 21.1 Å². The normalized spacial score (nSPS) is 14.6. The lowest BCUT2D eigenvalue weighted by Gasteiger charge is -2.24. The van der Waals surface area contributed by atoms with Crippen LogP contribution in [-0.2, 0) is 28.8 Å². The van der Waals surface area contributed by atoms with Gasteiger partial charge in [0.15, 0.2) is 0 Å². The lowest BCUT2D eigenvalue weighted by molar-refractivity contribution is -0.143. The number of carboxylic acid groups (broad SMARTS) is 3. The second-order valence-corrected chi connectivity index (χ2v) is 7.46. The molecule has 0 heterocycles. The minimum absolute atomic E-state index is 0.0525. The molecule has 0 spiro atoms. The number of nitrogens with one attached hydrogen (secondary N) is 3. The summed E-state index contributed by atoms with van der Waals surface area (Å²) in [7, 11) is 0. The lowest BCUT2D eigenvalue weighted by Crippen LogP contribution is -2.56. The van der Waals surface area contributed by atoms with Crippen molar-refractivity contribution in [2.75, 3.05) is 0 Å². The minimum atomic E-state index is -1.46. The molecule has 13 nitrogen and oxygen atoms in total. The number of hydrogen-bond donors (Lipinski definition) is 7. The molecule has 0 rings (SSSR count). The van der Waals surface area contributed by atoms with Gasteiger partial charge in [-0.25, -0.2) is 4.79 Å². The maximum Gasteiger partial charge on any atom is 0.326 e. The van der Waals surface area contributed by atoms with E-state index >= 15 is 0 Å². The van der Waals surface area contributed by atoms with Crippen molar-refractivity contribution in [2.45, 2.75) is 70.6 Å². The summed E-state index contributed by atoms with van der Waals surface area (Å²) in [5, 5.41) is 33.3. The van der Waals surface area contributed by atoms with Crippen molar-refractivity contribution in [1.82, 2.24) is 16.0 Å². The largest absolute Gasteiger partial charge is 0.481 e. The molecule has 8 N–H and O–H groups in total. The zero-order valence-electron chi connectivity index (χ0n) is 17.6. The molecule has 0 aromatic carbocycles. The van der Waals surface area contributed by atoms with Gasteiger partial charge >= 0.3 is 17.9 Å². The first-order chi connectivity index (χ1) is 14.2. The van der Waals surface area contributed by atoms with Gasteiger partial charge in [-0.2, -0.15) is 0 Å². The number of carboxylic acids is 3. The van der Waals surface area contributed by atoms with Gasteiger partial charge < -0.3 is 37.0 Å².